The van der Waals surface area contributed by atoms with Crippen LogP contribution < -0.4 is 10.9 Å². The molecule has 0 aliphatic rings. The first kappa shape index (κ1) is 10.8. The third-order valence-electron chi connectivity index (χ3n) is 2.41. The summed E-state index contributed by atoms with van der Waals surface area (Å²) in [5, 5.41) is 3.07. The van der Waals surface area contributed by atoms with Crippen molar-refractivity contribution in [3.8, 4) is 0 Å². The highest BCUT2D eigenvalue weighted by molar-refractivity contribution is 5.76. The third-order valence-corrected chi connectivity index (χ3v) is 2.41. The Hall–Kier alpha value is -1.75. The van der Waals surface area contributed by atoms with Gasteiger partial charge < -0.3 is 9.73 Å². The van der Waals surface area contributed by atoms with Gasteiger partial charge in [-0.15, -0.1) is 0 Å². The molecule has 0 aliphatic carbocycles. The van der Waals surface area contributed by atoms with Crippen molar-refractivity contribution in [2.45, 2.75) is 13.0 Å². The summed E-state index contributed by atoms with van der Waals surface area (Å²) in [4.78, 5) is 15.7. The minimum Gasteiger partial charge on any atom is -0.406 e. The molecule has 1 aromatic carbocycles. The zero-order chi connectivity index (χ0) is 11.7. The number of nitrogens with one attached hydrogen (secondary N) is 1. The minimum atomic E-state index is -0.568. The number of hydrogen-bond acceptors (Lipinski definition) is 4. The molecule has 0 spiro atoms. The molecule has 16 heavy (non-hydrogen) atoms. The van der Waals surface area contributed by atoms with Crippen LogP contribution in [0.3, 0.4) is 0 Å². The number of halogens is 1. The minimum absolute atomic E-state index is 0.159. The van der Waals surface area contributed by atoms with Crippen molar-refractivity contribution in [2.75, 3.05) is 7.05 Å². The van der Waals surface area contributed by atoms with Crippen LogP contribution in [-0.4, -0.2) is 12.0 Å². The van der Waals surface area contributed by atoms with E-state index in [4.69, 9.17) is 4.42 Å². The first-order chi connectivity index (χ1) is 7.61. The van der Waals surface area contributed by atoms with Crippen LogP contribution in [-0.2, 0) is 0 Å². The standard InChI is InChI=1S/C11H11FN2O2/c1-6(13-2)10-14-9-4-3-7(12)5-8(9)11(15)16-10/h3-6,13H,1-2H3/t6-/m0/s1. The average molecular weight is 222 g/mol. The Balaban J connectivity index is 2.69. The molecule has 0 aliphatic heterocycles. The molecule has 1 heterocycles. The molecule has 0 saturated heterocycles. The van der Waals surface area contributed by atoms with Crippen LogP contribution in [0.1, 0.15) is 18.9 Å². The molecule has 1 aromatic heterocycles. The molecule has 4 nitrogen and oxygen atoms in total. The summed E-state index contributed by atoms with van der Waals surface area (Å²) in [6.07, 6.45) is 0. The van der Waals surface area contributed by atoms with Crippen LogP contribution in [0.25, 0.3) is 10.9 Å². The van der Waals surface area contributed by atoms with E-state index in [2.05, 4.69) is 10.3 Å². The van der Waals surface area contributed by atoms with E-state index in [0.717, 1.165) is 6.07 Å². The highest BCUT2D eigenvalue weighted by Crippen LogP contribution is 2.13. The van der Waals surface area contributed by atoms with Crippen molar-refractivity contribution in [3.63, 3.8) is 0 Å². The molecule has 0 saturated carbocycles. The Morgan fingerprint density at radius 3 is 2.94 bits per heavy atom. The second kappa shape index (κ2) is 4.02. The Labute approximate surface area is 91.1 Å². The van der Waals surface area contributed by atoms with Gasteiger partial charge in [0.1, 0.15) is 5.82 Å². The van der Waals surface area contributed by atoms with E-state index in [1.165, 1.54) is 12.1 Å². The van der Waals surface area contributed by atoms with Gasteiger partial charge in [0, 0.05) is 0 Å². The number of rotatable bonds is 2. The van der Waals surface area contributed by atoms with Gasteiger partial charge in [-0.05, 0) is 32.2 Å². The summed E-state index contributed by atoms with van der Waals surface area (Å²) in [5.41, 5.74) is -0.128. The molecule has 2 aromatic rings. The van der Waals surface area contributed by atoms with E-state index in [9.17, 15) is 9.18 Å². The van der Waals surface area contributed by atoms with Gasteiger partial charge in [-0.2, -0.15) is 0 Å². The highest BCUT2D eigenvalue weighted by atomic mass is 19.1. The quantitative estimate of drug-likeness (QED) is 0.838. The lowest BCUT2D eigenvalue weighted by Crippen LogP contribution is -2.16. The number of benzene rings is 1. The average Bonchev–Trinajstić information content (AvgIpc) is 2.28. The van der Waals surface area contributed by atoms with Gasteiger partial charge in [0.2, 0.25) is 5.89 Å². The Kier molecular flexibility index (Phi) is 2.70. The molecular formula is C11H11FN2O2. The summed E-state index contributed by atoms with van der Waals surface area (Å²) in [6, 6.07) is 3.69. The summed E-state index contributed by atoms with van der Waals surface area (Å²) < 4.78 is 17.9. The van der Waals surface area contributed by atoms with E-state index in [-0.39, 0.29) is 11.4 Å². The van der Waals surface area contributed by atoms with E-state index in [1.54, 1.807) is 7.05 Å². The lowest BCUT2D eigenvalue weighted by Gasteiger charge is -2.07. The van der Waals surface area contributed by atoms with Crippen molar-refractivity contribution in [2.24, 2.45) is 0 Å². The predicted octanol–water partition coefficient (Wildman–Crippen LogP) is 1.61. The van der Waals surface area contributed by atoms with Crippen LogP contribution in [0.2, 0.25) is 0 Å². The zero-order valence-corrected chi connectivity index (χ0v) is 8.95. The smallest absolute Gasteiger partial charge is 0.346 e. The lowest BCUT2D eigenvalue weighted by molar-refractivity contribution is 0.395. The van der Waals surface area contributed by atoms with E-state index < -0.39 is 11.4 Å². The van der Waals surface area contributed by atoms with E-state index >= 15 is 0 Å². The summed E-state index contributed by atoms with van der Waals surface area (Å²) in [7, 11) is 1.74. The van der Waals surface area contributed by atoms with Crippen molar-refractivity contribution < 1.29 is 8.81 Å². The second-order valence-electron chi connectivity index (χ2n) is 3.51. The molecule has 5 heteroatoms. The molecule has 0 bridgehead atoms. The molecule has 0 radical (unpaired) electrons. The van der Waals surface area contributed by atoms with Gasteiger partial charge >= 0.3 is 5.63 Å². The van der Waals surface area contributed by atoms with Gasteiger partial charge in [-0.1, -0.05) is 0 Å². The molecule has 2 rings (SSSR count). The van der Waals surface area contributed by atoms with Crippen molar-refractivity contribution in [1.29, 1.82) is 0 Å². The first-order valence-corrected chi connectivity index (χ1v) is 4.89. The fraction of sp³-hybridized carbons (Fsp3) is 0.273. The molecule has 84 valence electrons. The van der Waals surface area contributed by atoms with E-state index in [1.807, 2.05) is 6.92 Å². The molecule has 0 fully saturated rings. The van der Waals surface area contributed by atoms with Crippen LogP contribution in [0.5, 0.6) is 0 Å². The van der Waals surface area contributed by atoms with Crippen LogP contribution >= 0.6 is 0 Å². The van der Waals surface area contributed by atoms with E-state index in [0.29, 0.717) is 11.4 Å². The molecular weight excluding hydrogens is 211 g/mol. The molecule has 1 N–H and O–H groups in total. The third kappa shape index (κ3) is 1.81. The van der Waals surface area contributed by atoms with Crippen LogP contribution in [0.4, 0.5) is 4.39 Å². The maximum atomic E-state index is 12.9. The molecule has 0 amide bonds. The SMILES string of the molecule is CN[C@@H](C)c1nc2ccc(F)cc2c(=O)o1. The second-order valence-corrected chi connectivity index (χ2v) is 3.51. The number of nitrogens with zero attached hydrogens (tertiary/aromatic N) is 1. The Bertz CT molecular complexity index is 580. The van der Waals surface area contributed by atoms with Crippen LogP contribution in [0.15, 0.2) is 27.4 Å². The lowest BCUT2D eigenvalue weighted by atomic mass is 10.2. The summed E-state index contributed by atoms with van der Waals surface area (Å²) in [6.45, 7) is 1.82. The first-order valence-electron chi connectivity index (χ1n) is 4.89. The maximum Gasteiger partial charge on any atom is 0.346 e. The van der Waals surface area contributed by atoms with Crippen molar-refractivity contribution >= 4 is 10.9 Å². The fourth-order valence-corrected chi connectivity index (χ4v) is 1.37. The number of aromatic nitrogens is 1. The Morgan fingerprint density at radius 1 is 1.50 bits per heavy atom. The van der Waals surface area contributed by atoms with Crippen molar-refractivity contribution in [1.82, 2.24) is 10.3 Å². The van der Waals surface area contributed by atoms with Crippen molar-refractivity contribution in [3.05, 3.63) is 40.3 Å². The number of hydrogen-bond donors (Lipinski definition) is 1. The Morgan fingerprint density at radius 2 is 2.25 bits per heavy atom. The molecule has 0 unspecified atom stereocenters. The largest absolute Gasteiger partial charge is 0.406 e. The summed E-state index contributed by atoms with van der Waals surface area (Å²) in [5.74, 6) is -0.178. The van der Waals surface area contributed by atoms with Gasteiger partial charge in [-0.3, -0.25) is 0 Å². The maximum absolute atomic E-state index is 12.9. The molecule has 1 atom stereocenters. The number of fused-ring (bicyclic) bond motifs is 1. The van der Waals surface area contributed by atoms with Gasteiger partial charge in [0.25, 0.3) is 0 Å². The fourth-order valence-electron chi connectivity index (χ4n) is 1.37. The van der Waals surface area contributed by atoms with Crippen LogP contribution in [0, 0.1) is 5.82 Å². The zero-order valence-electron chi connectivity index (χ0n) is 8.95. The highest BCUT2D eigenvalue weighted by Gasteiger charge is 2.11. The predicted molar refractivity (Wildman–Crippen MR) is 57.7 cm³/mol. The topological polar surface area (TPSA) is 55.1 Å². The van der Waals surface area contributed by atoms with Gasteiger partial charge in [-0.25, -0.2) is 14.2 Å². The van der Waals surface area contributed by atoms with Gasteiger partial charge in [0.05, 0.1) is 16.9 Å². The normalized spacial score (nSPS) is 12.9. The monoisotopic (exact) mass is 222 g/mol. The summed E-state index contributed by atoms with van der Waals surface area (Å²) >= 11 is 0. The van der Waals surface area contributed by atoms with Gasteiger partial charge in [0.15, 0.2) is 0 Å².